The number of carbonyl (C=O) groups excluding carboxylic acids is 1. The van der Waals surface area contributed by atoms with Crippen LogP contribution < -0.4 is 5.32 Å². The molecule has 1 atom stereocenters. The van der Waals surface area contributed by atoms with E-state index < -0.39 is 6.10 Å². The molecule has 0 aliphatic carbocycles. The SMILES string of the molecule is CCn1cc(CNC(=O)[C@@H]2CC(Cc3ccc(F)cc3)=NO2)cn1. The van der Waals surface area contributed by atoms with Crippen LogP contribution in [0.2, 0.25) is 0 Å². The average Bonchev–Trinajstić information content (AvgIpc) is 3.24. The van der Waals surface area contributed by atoms with Gasteiger partial charge in [0.2, 0.25) is 6.10 Å². The van der Waals surface area contributed by atoms with Crippen LogP contribution in [0.4, 0.5) is 4.39 Å². The zero-order valence-electron chi connectivity index (χ0n) is 13.4. The Morgan fingerprint density at radius 3 is 2.88 bits per heavy atom. The van der Waals surface area contributed by atoms with E-state index in [2.05, 4.69) is 15.6 Å². The van der Waals surface area contributed by atoms with Gasteiger partial charge in [-0.2, -0.15) is 5.10 Å². The third kappa shape index (κ3) is 3.98. The smallest absolute Gasteiger partial charge is 0.264 e. The molecule has 0 fully saturated rings. The standard InChI is InChI=1S/C17H19FN4O2/c1-2-22-11-13(10-20-22)9-19-17(23)16-8-15(21-24-16)7-12-3-5-14(18)6-4-12/h3-6,10-11,16H,2,7-9H2,1H3,(H,19,23)/t16-/m0/s1. The number of aromatic nitrogens is 2. The summed E-state index contributed by atoms with van der Waals surface area (Å²) in [5.74, 6) is -0.468. The molecule has 0 saturated heterocycles. The Bertz CT molecular complexity index is 739. The van der Waals surface area contributed by atoms with E-state index in [0.717, 1.165) is 23.4 Å². The zero-order chi connectivity index (χ0) is 16.9. The summed E-state index contributed by atoms with van der Waals surface area (Å²) >= 11 is 0. The van der Waals surface area contributed by atoms with Crippen LogP contribution in [0.1, 0.15) is 24.5 Å². The van der Waals surface area contributed by atoms with Gasteiger partial charge in [0.25, 0.3) is 5.91 Å². The van der Waals surface area contributed by atoms with Crippen LogP contribution in [-0.4, -0.2) is 27.5 Å². The predicted octanol–water partition coefficient (Wildman–Crippen LogP) is 2.05. The average molecular weight is 330 g/mol. The Morgan fingerprint density at radius 2 is 2.17 bits per heavy atom. The number of oxime groups is 1. The summed E-state index contributed by atoms with van der Waals surface area (Å²) in [4.78, 5) is 17.4. The largest absolute Gasteiger partial charge is 0.382 e. The van der Waals surface area contributed by atoms with Crippen LogP contribution in [0.25, 0.3) is 0 Å². The third-order valence-electron chi connectivity index (χ3n) is 3.82. The summed E-state index contributed by atoms with van der Waals surface area (Å²) in [5, 5.41) is 11.0. The summed E-state index contributed by atoms with van der Waals surface area (Å²) < 4.78 is 14.7. The van der Waals surface area contributed by atoms with Gasteiger partial charge in [-0.15, -0.1) is 0 Å². The first kappa shape index (κ1) is 16.2. The van der Waals surface area contributed by atoms with Crippen molar-refractivity contribution >= 4 is 11.6 Å². The van der Waals surface area contributed by atoms with Gasteiger partial charge in [-0.3, -0.25) is 9.48 Å². The number of aryl methyl sites for hydroxylation is 1. The number of hydrogen-bond acceptors (Lipinski definition) is 4. The molecule has 2 aromatic rings. The topological polar surface area (TPSA) is 68.5 Å². The molecule has 126 valence electrons. The maximum absolute atomic E-state index is 12.9. The van der Waals surface area contributed by atoms with E-state index in [0.29, 0.717) is 19.4 Å². The monoisotopic (exact) mass is 330 g/mol. The molecule has 0 unspecified atom stereocenters. The van der Waals surface area contributed by atoms with Crippen LogP contribution >= 0.6 is 0 Å². The lowest BCUT2D eigenvalue weighted by Gasteiger charge is -2.08. The van der Waals surface area contributed by atoms with E-state index in [4.69, 9.17) is 4.84 Å². The fourth-order valence-electron chi connectivity index (χ4n) is 2.48. The number of benzene rings is 1. The first-order chi connectivity index (χ1) is 11.6. The number of nitrogens with one attached hydrogen (secondary N) is 1. The van der Waals surface area contributed by atoms with Crippen LogP contribution in [0, 0.1) is 5.82 Å². The highest BCUT2D eigenvalue weighted by Gasteiger charge is 2.27. The maximum atomic E-state index is 12.9. The van der Waals surface area contributed by atoms with Crippen molar-refractivity contribution in [3.8, 4) is 0 Å². The summed E-state index contributed by atoms with van der Waals surface area (Å²) in [7, 11) is 0. The molecule has 0 spiro atoms. The first-order valence-electron chi connectivity index (χ1n) is 7.89. The van der Waals surface area contributed by atoms with Gasteiger partial charge < -0.3 is 10.2 Å². The second-order valence-corrected chi connectivity index (χ2v) is 5.68. The quantitative estimate of drug-likeness (QED) is 0.881. The summed E-state index contributed by atoms with van der Waals surface area (Å²) in [6, 6.07) is 6.23. The van der Waals surface area contributed by atoms with Crippen molar-refractivity contribution in [2.45, 2.75) is 39.0 Å². The Hall–Kier alpha value is -2.70. The van der Waals surface area contributed by atoms with Gasteiger partial charge in [0.1, 0.15) is 5.82 Å². The van der Waals surface area contributed by atoms with Crippen LogP contribution in [-0.2, 0) is 29.1 Å². The first-order valence-corrected chi connectivity index (χ1v) is 7.89. The van der Waals surface area contributed by atoms with E-state index in [1.807, 2.05) is 13.1 Å². The Labute approximate surface area is 139 Å². The fraction of sp³-hybridized carbons (Fsp3) is 0.353. The molecule has 1 aromatic carbocycles. The van der Waals surface area contributed by atoms with Gasteiger partial charge >= 0.3 is 0 Å². The van der Waals surface area contributed by atoms with Crippen molar-refractivity contribution in [2.24, 2.45) is 5.16 Å². The summed E-state index contributed by atoms with van der Waals surface area (Å²) in [6.45, 7) is 3.20. The summed E-state index contributed by atoms with van der Waals surface area (Å²) in [6.07, 6.45) is 4.01. The lowest BCUT2D eigenvalue weighted by molar-refractivity contribution is -0.131. The molecular weight excluding hydrogens is 311 g/mol. The molecule has 1 aliphatic heterocycles. The molecule has 1 aliphatic rings. The minimum Gasteiger partial charge on any atom is -0.382 e. The molecule has 0 bridgehead atoms. The highest BCUT2D eigenvalue weighted by Crippen LogP contribution is 2.15. The van der Waals surface area contributed by atoms with Gasteiger partial charge in [0.15, 0.2) is 0 Å². The van der Waals surface area contributed by atoms with Gasteiger partial charge in [-0.25, -0.2) is 4.39 Å². The van der Waals surface area contributed by atoms with Gasteiger partial charge in [-0.1, -0.05) is 17.3 Å². The highest BCUT2D eigenvalue weighted by molar-refractivity contribution is 5.93. The predicted molar refractivity (Wildman–Crippen MR) is 86.8 cm³/mol. The molecule has 6 nitrogen and oxygen atoms in total. The van der Waals surface area contributed by atoms with Gasteiger partial charge in [0, 0.05) is 37.7 Å². The minimum absolute atomic E-state index is 0.197. The lowest BCUT2D eigenvalue weighted by Crippen LogP contribution is -2.34. The van der Waals surface area contributed by atoms with Crippen molar-refractivity contribution in [1.82, 2.24) is 15.1 Å². The van der Waals surface area contributed by atoms with E-state index >= 15 is 0 Å². The molecule has 2 heterocycles. The van der Waals surface area contributed by atoms with Crippen molar-refractivity contribution in [3.05, 3.63) is 53.6 Å². The Balaban J connectivity index is 1.47. The molecule has 1 N–H and O–H groups in total. The minimum atomic E-state index is -0.610. The lowest BCUT2D eigenvalue weighted by atomic mass is 10.0. The normalized spacial score (nSPS) is 16.6. The second-order valence-electron chi connectivity index (χ2n) is 5.68. The van der Waals surface area contributed by atoms with Crippen molar-refractivity contribution in [1.29, 1.82) is 0 Å². The van der Waals surface area contributed by atoms with Crippen LogP contribution in [0.15, 0.2) is 41.8 Å². The van der Waals surface area contributed by atoms with Gasteiger partial charge in [-0.05, 0) is 24.6 Å². The number of rotatable bonds is 6. The number of nitrogens with zero attached hydrogens (tertiary/aromatic N) is 3. The van der Waals surface area contributed by atoms with Gasteiger partial charge in [0.05, 0.1) is 11.9 Å². The van der Waals surface area contributed by atoms with Crippen LogP contribution in [0.5, 0.6) is 0 Å². The maximum Gasteiger partial charge on any atom is 0.264 e. The molecule has 1 aromatic heterocycles. The molecule has 0 radical (unpaired) electrons. The van der Waals surface area contributed by atoms with Crippen molar-refractivity contribution < 1.29 is 14.0 Å². The molecule has 24 heavy (non-hydrogen) atoms. The van der Waals surface area contributed by atoms with Crippen LogP contribution in [0.3, 0.4) is 0 Å². The highest BCUT2D eigenvalue weighted by atomic mass is 19.1. The van der Waals surface area contributed by atoms with E-state index in [9.17, 15) is 9.18 Å². The number of amides is 1. The Kier molecular flexibility index (Phi) is 4.88. The third-order valence-corrected chi connectivity index (χ3v) is 3.82. The Morgan fingerprint density at radius 1 is 1.38 bits per heavy atom. The number of halogens is 1. The van der Waals surface area contributed by atoms with Crippen molar-refractivity contribution in [3.63, 3.8) is 0 Å². The molecule has 0 saturated carbocycles. The van der Waals surface area contributed by atoms with Crippen molar-refractivity contribution in [2.75, 3.05) is 0 Å². The molecule has 1 amide bonds. The number of carbonyl (C=O) groups is 1. The molecular formula is C17H19FN4O2. The molecule has 7 heteroatoms. The van der Waals surface area contributed by atoms with E-state index in [1.165, 1.54) is 12.1 Å². The second kappa shape index (κ2) is 7.25. The van der Waals surface area contributed by atoms with E-state index in [1.54, 1.807) is 23.0 Å². The fourth-order valence-corrected chi connectivity index (χ4v) is 2.48. The zero-order valence-corrected chi connectivity index (χ0v) is 13.4. The van der Waals surface area contributed by atoms with E-state index in [-0.39, 0.29) is 11.7 Å². The molecule has 3 rings (SSSR count). The summed E-state index contributed by atoms with van der Waals surface area (Å²) in [5.41, 5.74) is 2.66. The number of hydrogen-bond donors (Lipinski definition) is 1.